The molecule has 0 aromatic carbocycles. The van der Waals surface area contributed by atoms with Gasteiger partial charge in [0.15, 0.2) is 0 Å². The second kappa shape index (κ2) is 55.0. The zero-order valence-electron chi connectivity index (χ0n) is 2.91. The third-order valence-corrected chi connectivity index (χ3v) is 0. The van der Waals surface area contributed by atoms with Gasteiger partial charge in [-0.2, -0.15) is 0 Å². The van der Waals surface area contributed by atoms with E-state index in [1.807, 2.05) is 0 Å². The average molecular weight is 69.1 g/mol. The third-order valence-electron chi connectivity index (χ3n) is 0. The topological polar surface area (TPSA) is 31.5 Å². The van der Waals surface area contributed by atoms with Crippen molar-refractivity contribution in [2.24, 2.45) is 0 Å². The summed E-state index contributed by atoms with van der Waals surface area (Å²) in [4.78, 5) is 0. The van der Waals surface area contributed by atoms with Crippen LogP contribution in [0.1, 0.15) is 0 Å². The van der Waals surface area contributed by atoms with Crippen LogP contribution >= 0.6 is 0 Å². The van der Waals surface area contributed by atoms with Crippen LogP contribution in [-0.4, -0.2) is 35.0 Å². The monoisotopic (exact) mass is 69.0 g/mol. The molecule has 0 aromatic heterocycles. The molecule has 0 aliphatic rings. The predicted molar refractivity (Wildman–Crippen MR) is 20.6 cm³/mol. The molecule has 0 saturated heterocycles. The van der Waals surface area contributed by atoms with Crippen LogP contribution in [0.25, 0.3) is 0 Å². The first-order valence-electron chi connectivity index (χ1n) is 0.500. The molecular weight excluding hydrogens is 63.0 g/mol. The van der Waals surface area contributed by atoms with Gasteiger partial charge in [0.25, 0.3) is 0 Å². The summed E-state index contributed by atoms with van der Waals surface area (Å²) >= 11 is 0. The van der Waals surface area contributed by atoms with Crippen LogP contribution in [0.3, 0.4) is 0 Å². The van der Waals surface area contributed by atoms with Gasteiger partial charge in [-0.3, -0.25) is 0 Å². The van der Waals surface area contributed by atoms with E-state index in [4.69, 9.17) is 0 Å². The maximum atomic E-state index is 3.00. The van der Waals surface area contributed by atoms with Crippen molar-refractivity contribution in [2.75, 3.05) is 0 Å². The summed E-state index contributed by atoms with van der Waals surface area (Å²) in [5, 5.41) is 0. The Balaban J connectivity index is -0.00000000500. The third kappa shape index (κ3) is 15.9. The molecule has 0 atom stereocenters. The van der Waals surface area contributed by atoms with Crippen molar-refractivity contribution in [3.63, 3.8) is 0 Å². The van der Waals surface area contributed by atoms with Crippen LogP contribution < -0.4 is 0 Å². The van der Waals surface area contributed by atoms with Gasteiger partial charge in [-0.1, -0.05) is 0 Å². The molecule has 0 heterocycles. The summed E-state index contributed by atoms with van der Waals surface area (Å²) in [6.45, 7) is 6.00. The Kier molecular flexibility index (Phi) is 306. The maximum Gasteiger partial charge on any atom is 0 e. The molecule has 0 saturated carbocycles. The second-order valence-corrected chi connectivity index (χ2v) is 0. The van der Waals surface area contributed by atoms with Gasteiger partial charge in [0, 0.05) is 29.6 Å². The molecular formula is C2H6NaO. The van der Waals surface area contributed by atoms with E-state index in [0.29, 0.717) is 0 Å². The standard InChI is InChI=1S/C2H4.Na.H2O/c1-2;;/h1-2H2;;1H2. The van der Waals surface area contributed by atoms with Crippen molar-refractivity contribution in [3.8, 4) is 0 Å². The van der Waals surface area contributed by atoms with E-state index in [0.717, 1.165) is 0 Å². The molecule has 0 aromatic rings. The molecule has 0 unspecified atom stereocenters. The first-order chi connectivity index (χ1) is 1.00. The summed E-state index contributed by atoms with van der Waals surface area (Å²) in [5.41, 5.74) is 0. The molecule has 4 heavy (non-hydrogen) atoms. The van der Waals surface area contributed by atoms with E-state index in [2.05, 4.69) is 13.2 Å². The van der Waals surface area contributed by atoms with Crippen LogP contribution in [0.2, 0.25) is 0 Å². The minimum absolute atomic E-state index is 0. The SMILES string of the molecule is C=C.O.[Na]. The molecule has 21 valence electrons. The number of hydrogen-bond donors (Lipinski definition) is 0. The Hall–Kier alpha value is 0.700. The second-order valence-electron chi connectivity index (χ2n) is 0. The zero-order valence-corrected chi connectivity index (χ0v) is 4.91. The first kappa shape index (κ1) is 22.3. The molecule has 0 bridgehead atoms. The van der Waals surface area contributed by atoms with Crippen LogP contribution in [0.15, 0.2) is 13.2 Å². The predicted octanol–water partition coefficient (Wildman–Crippen LogP) is -0.403. The fourth-order valence-corrected chi connectivity index (χ4v) is 0. The Morgan fingerprint density at radius 1 is 1.00 bits per heavy atom. The molecule has 0 amide bonds. The summed E-state index contributed by atoms with van der Waals surface area (Å²) in [6.07, 6.45) is 0. The molecule has 0 aliphatic carbocycles. The van der Waals surface area contributed by atoms with Crippen molar-refractivity contribution in [3.05, 3.63) is 13.2 Å². The van der Waals surface area contributed by atoms with E-state index in [-0.39, 0.29) is 35.0 Å². The van der Waals surface area contributed by atoms with E-state index >= 15 is 0 Å². The largest absolute Gasteiger partial charge is 0.412 e. The smallest absolute Gasteiger partial charge is 0 e. The first-order valence-corrected chi connectivity index (χ1v) is 0.500. The van der Waals surface area contributed by atoms with Gasteiger partial charge in [-0.25, -0.2) is 0 Å². The average Bonchev–Trinajstić information content (AvgIpc) is 1.00. The molecule has 0 rings (SSSR count). The normalized spacial score (nSPS) is 1.00. The fraction of sp³-hybridized carbons (Fsp3) is 0. The van der Waals surface area contributed by atoms with Crippen LogP contribution in [0.4, 0.5) is 0 Å². The Morgan fingerprint density at radius 2 is 1.00 bits per heavy atom. The molecule has 2 heteroatoms. The molecule has 0 aliphatic heterocycles. The molecule has 1 radical (unpaired) electrons. The van der Waals surface area contributed by atoms with Crippen molar-refractivity contribution in [1.82, 2.24) is 0 Å². The Labute approximate surface area is 48.3 Å². The number of hydrogen-bond acceptors (Lipinski definition) is 0. The van der Waals surface area contributed by atoms with E-state index in [9.17, 15) is 0 Å². The van der Waals surface area contributed by atoms with Crippen LogP contribution in [0.5, 0.6) is 0 Å². The van der Waals surface area contributed by atoms with Gasteiger partial charge in [-0.05, 0) is 0 Å². The molecule has 1 nitrogen and oxygen atoms in total. The van der Waals surface area contributed by atoms with E-state index < -0.39 is 0 Å². The molecule has 0 fully saturated rings. The van der Waals surface area contributed by atoms with Crippen molar-refractivity contribution < 1.29 is 5.48 Å². The van der Waals surface area contributed by atoms with Crippen LogP contribution in [0, 0.1) is 0 Å². The van der Waals surface area contributed by atoms with Gasteiger partial charge in [0.05, 0.1) is 0 Å². The van der Waals surface area contributed by atoms with E-state index in [1.54, 1.807) is 0 Å². The summed E-state index contributed by atoms with van der Waals surface area (Å²) in [7, 11) is 0. The molecule has 0 spiro atoms. The van der Waals surface area contributed by atoms with Gasteiger partial charge < -0.3 is 5.48 Å². The summed E-state index contributed by atoms with van der Waals surface area (Å²) < 4.78 is 0. The Morgan fingerprint density at radius 3 is 1.00 bits per heavy atom. The van der Waals surface area contributed by atoms with Gasteiger partial charge in [-0.15, -0.1) is 13.2 Å². The van der Waals surface area contributed by atoms with Gasteiger partial charge in [0.1, 0.15) is 0 Å². The minimum atomic E-state index is 0. The van der Waals surface area contributed by atoms with Crippen molar-refractivity contribution in [1.29, 1.82) is 0 Å². The van der Waals surface area contributed by atoms with Crippen LogP contribution in [-0.2, 0) is 0 Å². The minimum Gasteiger partial charge on any atom is -0.412 e. The number of rotatable bonds is 0. The zero-order chi connectivity index (χ0) is 2.00. The van der Waals surface area contributed by atoms with Crippen molar-refractivity contribution in [2.45, 2.75) is 0 Å². The summed E-state index contributed by atoms with van der Waals surface area (Å²) in [6, 6.07) is 0. The maximum absolute atomic E-state index is 3.00. The summed E-state index contributed by atoms with van der Waals surface area (Å²) in [5.74, 6) is 0. The van der Waals surface area contributed by atoms with Gasteiger partial charge >= 0.3 is 0 Å². The molecule has 2 N–H and O–H groups in total. The van der Waals surface area contributed by atoms with E-state index in [1.165, 1.54) is 0 Å². The van der Waals surface area contributed by atoms with Crippen molar-refractivity contribution >= 4 is 29.6 Å². The van der Waals surface area contributed by atoms with Gasteiger partial charge in [0.2, 0.25) is 0 Å². The Bertz CT molecular complexity index is 6.00. The fourth-order valence-electron chi connectivity index (χ4n) is 0. The quantitative estimate of drug-likeness (QED) is 0.274.